The molecule has 0 bridgehead atoms. The van der Waals surface area contributed by atoms with Crippen LogP contribution in [0.15, 0.2) is 40.0 Å². The number of aromatic nitrogens is 2. The number of carbonyl (C=O) groups excluding carboxylic acids is 1. The molecule has 1 aromatic heterocycles. The lowest BCUT2D eigenvalue weighted by Crippen LogP contribution is -2.44. The molecule has 10 nitrogen and oxygen atoms in total. The highest BCUT2D eigenvalue weighted by Gasteiger charge is 2.28. The van der Waals surface area contributed by atoms with Gasteiger partial charge in [-0.2, -0.15) is 9.78 Å². The van der Waals surface area contributed by atoms with Crippen molar-refractivity contribution in [3.8, 4) is 11.4 Å². The minimum atomic E-state index is -3.37. The fraction of sp³-hybridized carbons (Fsp3) is 0.500. The first kappa shape index (κ1) is 24.7. The maximum absolute atomic E-state index is 12.7. The Morgan fingerprint density at radius 1 is 1.18 bits per heavy atom. The smallest absolute Gasteiger partial charge is 0.410 e. The number of benzene rings is 1. The van der Waals surface area contributed by atoms with E-state index >= 15 is 0 Å². The average Bonchev–Trinajstić information content (AvgIpc) is 2.73. The normalized spacial score (nSPS) is 15.4. The van der Waals surface area contributed by atoms with E-state index in [1.807, 2.05) is 20.8 Å². The van der Waals surface area contributed by atoms with Crippen LogP contribution in [0.4, 0.5) is 4.79 Å². The predicted molar refractivity (Wildman–Crippen MR) is 120 cm³/mol. The van der Waals surface area contributed by atoms with Gasteiger partial charge in [-0.05, 0) is 45.0 Å². The van der Waals surface area contributed by atoms with Gasteiger partial charge in [0.25, 0.3) is 5.56 Å². The zero-order valence-corrected chi connectivity index (χ0v) is 20.0. The monoisotopic (exact) mass is 479 g/mol. The van der Waals surface area contributed by atoms with Gasteiger partial charge >= 0.3 is 6.09 Å². The molecule has 2 heterocycles. The molecule has 1 aliphatic rings. The van der Waals surface area contributed by atoms with Crippen molar-refractivity contribution in [1.29, 1.82) is 0 Å². The van der Waals surface area contributed by atoms with E-state index in [0.29, 0.717) is 31.6 Å². The number of aliphatic hydroxyl groups is 1. The number of aliphatic hydroxyl groups excluding tert-OH is 1. The number of carbonyl (C=O) groups is 1. The van der Waals surface area contributed by atoms with Crippen LogP contribution < -0.4 is 10.3 Å². The van der Waals surface area contributed by atoms with Crippen molar-refractivity contribution < 1.29 is 27.8 Å². The van der Waals surface area contributed by atoms with E-state index in [-0.39, 0.29) is 28.5 Å². The molecular formula is C22H29N3O7S. The van der Waals surface area contributed by atoms with Gasteiger partial charge in [0.1, 0.15) is 17.4 Å². The van der Waals surface area contributed by atoms with Gasteiger partial charge in [-0.3, -0.25) is 4.79 Å². The number of rotatable bonds is 5. The first-order valence-electron chi connectivity index (χ1n) is 10.6. The van der Waals surface area contributed by atoms with Gasteiger partial charge in [-0.1, -0.05) is 0 Å². The summed E-state index contributed by atoms with van der Waals surface area (Å²) in [7, 11) is -3.37. The van der Waals surface area contributed by atoms with Crippen molar-refractivity contribution in [3.63, 3.8) is 0 Å². The molecule has 0 aliphatic carbocycles. The second-order valence-electron chi connectivity index (χ2n) is 8.91. The molecule has 1 fully saturated rings. The fourth-order valence-electron chi connectivity index (χ4n) is 3.37. The second-order valence-corrected chi connectivity index (χ2v) is 10.9. The van der Waals surface area contributed by atoms with Crippen molar-refractivity contribution in [2.45, 2.75) is 56.8 Å². The van der Waals surface area contributed by atoms with E-state index in [2.05, 4.69) is 5.10 Å². The Morgan fingerprint density at radius 3 is 2.30 bits per heavy atom. The van der Waals surface area contributed by atoms with Crippen LogP contribution in [-0.2, 0) is 21.2 Å². The molecule has 3 rings (SSSR count). The van der Waals surface area contributed by atoms with Crippen molar-refractivity contribution in [3.05, 3.63) is 46.4 Å². The molecule has 0 unspecified atom stereocenters. The summed E-state index contributed by atoms with van der Waals surface area (Å²) in [6.07, 6.45) is 1.56. The summed E-state index contributed by atoms with van der Waals surface area (Å²) in [5, 5.41) is 14.0. The van der Waals surface area contributed by atoms with Crippen LogP contribution in [-0.4, -0.2) is 65.3 Å². The standard InChI is InChI=1S/C22H29N3O7S/c1-22(2,3)32-21(28)24-11-9-16(10-12-24)31-19-13-20(27)25(23-18(19)14-26)15-5-7-17(8-6-15)33(4,29)30/h5-8,13,16,26H,9-12,14H2,1-4H3. The van der Waals surface area contributed by atoms with E-state index in [1.54, 1.807) is 4.90 Å². The topological polar surface area (TPSA) is 128 Å². The minimum Gasteiger partial charge on any atom is -0.488 e. The SMILES string of the molecule is CC(C)(C)OC(=O)N1CCC(Oc2cc(=O)n(-c3ccc(S(C)(=O)=O)cc3)nc2CO)CC1. The molecule has 1 aromatic carbocycles. The average molecular weight is 480 g/mol. The van der Waals surface area contributed by atoms with Crippen LogP contribution in [0.25, 0.3) is 5.69 Å². The van der Waals surface area contributed by atoms with Crippen LogP contribution in [0.3, 0.4) is 0 Å². The summed E-state index contributed by atoms with van der Waals surface area (Å²) in [6.45, 7) is 5.88. The van der Waals surface area contributed by atoms with E-state index in [0.717, 1.165) is 10.9 Å². The second kappa shape index (κ2) is 9.52. The largest absolute Gasteiger partial charge is 0.488 e. The molecule has 33 heavy (non-hydrogen) atoms. The first-order chi connectivity index (χ1) is 15.4. The Labute approximate surface area is 192 Å². The molecule has 0 atom stereocenters. The molecule has 1 amide bonds. The van der Waals surface area contributed by atoms with Gasteiger partial charge in [0.15, 0.2) is 15.6 Å². The van der Waals surface area contributed by atoms with Crippen molar-refractivity contribution in [2.75, 3.05) is 19.3 Å². The summed E-state index contributed by atoms with van der Waals surface area (Å²) in [5.74, 6) is 0.183. The third kappa shape index (κ3) is 6.32. The van der Waals surface area contributed by atoms with Gasteiger partial charge in [0.05, 0.1) is 17.2 Å². The molecule has 2 aromatic rings. The van der Waals surface area contributed by atoms with Gasteiger partial charge in [-0.25, -0.2) is 13.2 Å². The number of ether oxygens (including phenoxy) is 2. The molecule has 0 saturated carbocycles. The molecular weight excluding hydrogens is 450 g/mol. The molecule has 1 aliphatic heterocycles. The van der Waals surface area contributed by atoms with E-state index in [4.69, 9.17) is 9.47 Å². The fourth-order valence-corrected chi connectivity index (χ4v) is 4.00. The lowest BCUT2D eigenvalue weighted by molar-refractivity contribution is 0.0124. The summed E-state index contributed by atoms with van der Waals surface area (Å²) in [6, 6.07) is 6.97. The number of nitrogens with zero attached hydrogens (tertiary/aromatic N) is 3. The Bertz CT molecular complexity index is 1160. The van der Waals surface area contributed by atoms with Crippen LogP contribution in [0.1, 0.15) is 39.3 Å². The maximum atomic E-state index is 12.7. The maximum Gasteiger partial charge on any atom is 0.410 e. The summed E-state index contributed by atoms with van der Waals surface area (Å²) >= 11 is 0. The number of amides is 1. The molecule has 0 radical (unpaired) electrons. The van der Waals surface area contributed by atoms with Gasteiger partial charge < -0.3 is 19.5 Å². The molecule has 1 saturated heterocycles. The number of hydrogen-bond donors (Lipinski definition) is 1. The summed E-state index contributed by atoms with van der Waals surface area (Å²) in [5.41, 5.74) is -0.516. The number of piperidine rings is 1. The third-order valence-electron chi connectivity index (χ3n) is 5.01. The van der Waals surface area contributed by atoms with Crippen LogP contribution in [0.5, 0.6) is 5.75 Å². The summed E-state index contributed by atoms with van der Waals surface area (Å²) < 4.78 is 35.7. The summed E-state index contributed by atoms with van der Waals surface area (Å²) in [4.78, 5) is 26.6. The van der Waals surface area contributed by atoms with Gasteiger partial charge in [-0.15, -0.1) is 0 Å². The van der Waals surface area contributed by atoms with Crippen LogP contribution >= 0.6 is 0 Å². The number of sulfone groups is 1. The minimum absolute atomic E-state index is 0.124. The highest BCUT2D eigenvalue weighted by Crippen LogP contribution is 2.23. The predicted octanol–water partition coefficient (Wildman–Crippen LogP) is 1.91. The highest BCUT2D eigenvalue weighted by atomic mass is 32.2. The quantitative estimate of drug-likeness (QED) is 0.689. The van der Waals surface area contributed by atoms with Crippen molar-refractivity contribution in [1.82, 2.24) is 14.7 Å². The van der Waals surface area contributed by atoms with Crippen LogP contribution in [0.2, 0.25) is 0 Å². The Balaban J connectivity index is 1.72. The number of hydrogen-bond acceptors (Lipinski definition) is 8. The first-order valence-corrected chi connectivity index (χ1v) is 12.5. The Kier molecular flexibility index (Phi) is 7.13. The lowest BCUT2D eigenvalue weighted by atomic mass is 10.1. The van der Waals surface area contributed by atoms with Crippen molar-refractivity contribution >= 4 is 15.9 Å². The molecule has 0 spiro atoms. The lowest BCUT2D eigenvalue weighted by Gasteiger charge is -2.33. The zero-order chi connectivity index (χ0) is 24.4. The highest BCUT2D eigenvalue weighted by molar-refractivity contribution is 7.90. The Hall–Kier alpha value is -2.92. The molecule has 1 N–H and O–H groups in total. The van der Waals surface area contributed by atoms with E-state index < -0.39 is 27.6 Å². The molecule has 180 valence electrons. The van der Waals surface area contributed by atoms with E-state index in [9.17, 15) is 23.1 Å². The van der Waals surface area contributed by atoms with Gasteiger partial charge in [0, 0.05) is 38.3 Å². The molecule has 11 heteroatoms. The van der Waals surface area contributed by atoms with Gasteiger partial charge in [0.2, 0.25) is 0 Å². The van der Waals surface area contributed by atoms with Crippen molar-refractivity contribution in [2.24, 2.45) is 0 Å². The van der Waals surface area contributed by atoms with E-state index in [1.165, 1.54) is 30.3 Å². The Morgan fingerprint density at radius 2 is 1.79 bits per heavy atom. The third-order valence-corrected chi connectivity index (χ3v) is 6.14. The van der Waals surface area contributed by atoms with Crippen LogP contribution in [0, 0.1) is 0 Å². The number of likely N-dealkylation sites (tertiary alicyclic amines) is 1. The zero-order valence-electron chi connectivity index (χ0n) is 19.1.